The number of esters is 1. The molecule has 2 aliphatic carbocycles. The zero-order chi connectivity index (χ0) is 10.9. The topological polar surface area (TPSA) is 26.3 Å². The molecule has 2 aliphatic rings. The van der Waals surface area contributed by atoms with Gasteiger partial charge in [-0.1, -0.05) is 12.8 Å². The van der Waals surface area contributed by atoms with Crippen LogP contribution in [-0.2, 0) is 9.53 Å². The van der Waals surface area contributed by atoms with Crippen LogP contribution in [0.3, 0.4) is 0 Å². The van der Waals surface area contributed by atoms with Crippen LogP contribution in [0.2, 0.25) is 0 Å². The largest absolute Gasteiger partial charge is 0.462 e. The van der Waals surface area contributed by atoms with Gasteiger partial charge in [-0.3, -0.25) is 4.79 Å². The van der Waals surface area contributed by atoms with E-state index in [2.05, 4.69) is 0 Å². The molecule has 0 heterocycles. The van der Waals surface area contributed by atoms with Crippen molar-refractivity contribution in [2.24, 2.45) is 5.92 Å². The molecule has 0 aromatic heterocycles. The number of hydrogen-bond acceptors (Lipinski definition) is 2. The van der Waals surface area contributed by atoms with E-state index in [0.29, 0.717) is 12.8 Å². The van der Waals surface area contributed by atoms with Crippen molar-refractivity contribution in [3.8, 4) is 0 Å². The quantitative estimate of drug-likeness (QED) is 0.660. The normalized spacial score (nSPS) is 34.3. The average Bonchev–Trinajstić information content (AvgIpc) is 2.73. The molecule has 0 bridgehead atoms. The van der Waals surface area contributed by atoms with Crippen LogP contribution in [0.25, 0.3) is 0 Å². The Kier molecular flexibility index (Phi) is 2.98. The lowest BCUT2D eigenvalue weighted by Gasteiger charge is -2.31. The van der Waals surface area contributed by atoms with Crippen molar-refractivity contribution in [3.63, 3.8) is 0 Å². The summed E-state index contributed by atoms with van der Waals surface area (Å²) >= 11 is 0. The Bertz CT molecular complexity index is 246. The molecule has 3 heteroatoms. The third-order valence-electron chi connectivity index (χ3n) is 3.87. The highest BCUT2D eigenvalue weighted by atomic mass is 19.1. The standard InChI is InChI=1S/C12H19FO2/c1-9(14)15-11-6-4-5-10(11)12(13)7-2-3-8-12/h10-11H,2-8H2,1H3/t10-,11+/m0/s1. The van der Waals surface area contributed by atoms with Crippen molar-refractivity contribution in [2.45, 2.75) is 63.6 Å². The van der Waals surface area contributed by atoms with Gasteiger partial charge >= 0.3 is 5.97 Å². The Morgan fingerprint density at radius 1 is 1.27 bits per heavy atom. The van der Waals surface area contributed by atoms with Crippen molar-refractivity contribution in [1.29, 1.82) is 0 Å². The van der Waals surface area contributed by atoms with Crippen molar-refractivity contribution < 1.29 is 13.9 Å². The molecule has 2 rings (SSSR count). The summed E-state index contributed by atoms with van der Waals surface area (Å²) in [5.41, 5.74) is -1.05. The molecule has 0 spiro atoms. The number of ether oxygens (including phenoxy) is 1. The Morgan fingerprint density at radius 3 is 2.53 bits per heavy atom. The van der Waals surface area contributed by atoms with E-state index >= 15 is 0 Å². The fourth-order valence-electron chi connectivity index (χ4n) is 3.21. The van der Waals surface area contributed by atoms with Crippen LogP contribution >= 0.6 is 0 Å². The molecule has 2 atom stereocenters. The maximum Gasteiger partial charge on any atom is 0.302 e. The summed E-state index contributed by atoms with van der Waals surface area (Å²) in [5.74, 6) is -0.308. The van der Waals surface area contributed by atoms with Gasteiger partial charge in [0.05, 0.1) is 0 Å². The molecular weight excluding hydrogens is 195 g/mol. The van der Waals surface area contributed by atoms with E-state index in [4.69, 9.17) is 4.74 Å². The Morgan fingerprint density at radius 2 is 1.93 bits per heavy atom. The minimum Gasteiger partial charge on any atom is -0.462 e. The summed E-state index contributed by atoms with van der Waals surface area (Å²) in [5, 5.41) is 0. The Hall–Kier alpha value is -0.600. The summed E-state index contributed by atoms with van der Waals surface area (Å²) in [4.78, 5) is 10.9. The van der Waals surface area contributed by atoms with Gasteiger partial charge in [0.25, 0.3) is 0 Å². The molecule has 2 nitrogen and oxygen atoms in total. The van der Waals surface area contributed by atoms with Crippen molar-refractivity contribution >= 4 is 5.97 Å². The minimum absolute atomic E-state index is 0.0381. The summed E-state index contributed by atoms with van der Waals surface area (Å²) in [7, 11) is 0. The fraction of sp³-hybridized carbons (Fsp3) is 0.917. The lowest BCUT2D eigenvalue weighted by molar-refractivity contribution is -0.150. The molecule has 0 saturated heterocycles. The van der Waals surface area contributed by atoms with Gasteiger partial charge in [0, 0.05) is 12.8 Å². The third kappa shape index (κ3) is 2.16. The zero-order valence-corrected chi connectivity index (χ0v) is 9.30. The molecular formula is C12H19FO2. The first-order valence-corrected chi connectivity index (χ1v) is 5.98. The molecule has 0 aliphatic heterocycles. The summed E-state index contributed by atoms with van der Waals surface area (Å²) in [6, 6.07) is 0. The summed E-state index contributed by atoms with van der Waals surface area (Å²) in [6.07, 6.45) is 5.86. The van der Waals surface area contributed by atoms with E-state index in [1.54, 1.807) is 0 Å². The smallest absolute Gasteiger partial charge is 0.302 e. The van der Waals surface area contributed by atoms with Crippen molar-refractivity contribution in [1.82, 2.24) is 0 Å². The first-order chi connectivity index (χ1) is 7.12. The predicted molar refractivity (Wildman–Crippen MR) is 55.2 cm³/mol. The van der Waals surface area contributed by atoms with Crippen LogP contribution in [0, 0.1) is 5.92 Å². The lowest BCUT2D eigenvalue weighted by Crippen LogP contribution is -2.37. The van der Waals surface area contributed by atoms with Crippen LogP contribution in [0.4, 0.5) is 4.39 Å². The monoisotopic (exact) mass is 214 g/mol. The number of hydrogen-bond donors (Lipinski definition) is 0. The highest BCUT2D eigenvalue weighted by Gasteiger charge is 2.48. The summed E-state index contributed by atoms with van der Waals surface area (Å²) in [6.45, 7) is 1.41. The summed E-state index contributed by atoms with van der Waals surface area (Å²) < 4.78 is 19.7. The Labute approximate surface area is 90.2 Å². The SMILES string of the molecule is CC(=O)O[C@@H]1CCC[C@@H]1C1(F)CCCC1. The zero-order valence-electron chi connectivity index (χ0n) is 9.30. The molecule has 0 N–H and O–H groups in total. The van der Waals surface area contributed by atoms with E-state index in [9.17, 15) is 9.18 Å². The molecule has 15 heavy (non-hydrogen) atoms. The number of carbonyl (C=O) groups excluding carboxylic acids is 1. The fourth-order valence-corrected chi connectivity index (χ4v) is 3.21. The van der Waals surface area contributed by atoms with Crippen LogP contribution in [0.1, 0.15) is 51.9 Å². The van der Waals surface area contributed by atoms with Gasteiger partial charge in [0.2, 0.25) is 0 Å². The maximum atomic E-state index is 14.5. The van der Waals surface area contributed by atoms with Crippen LogP contribution < -0.4 is 0 Å². The highest BCUT2D eigenvalue weighted by Crippen LogP contribution is 2.47. The molecule has 2 saturated carbocycles. The van der Waals surface area contributed by atoms with Gasteiger partial charge < -0.3 is 4.74 Å². The van der Waals surface area contributed by atoms with E-state index in [0.717, 1.165) is 32.1 Å². The first-order valence-electron chi connectivity index (χ1n) is 5.98. The Balaban J connectivity index is 2.03. The van der Waals surface area contributed by atoms with Gasteiger partial charge in [-0.05, 0) is 32.1 Å². The number of alkyl halides is 1. The molecule has 0 unspecified atom stereocenters. The second-order valence-electron chi connectivity index (χ2n) is 4.93. The molecule has 0 amide bonds. The average molecular weight is 214 g/mol. The maximum absolute atomic E-state index is 14.5. The van der Waals surface area contributed by atoms with Gasteiger partial charge in [-0.2, -0.15) is 0 Å². The third-order valence-corrected chi connectivity index (χ3v) is 3.87. The molecule has 2 fully saturated rings. The molecule has 86 valence electrons. The van der Waals surface area contributed by atoms with Gasteiger partial charge in [0.1, 0.15) is 11.8 Å². The van der Waals surface area contributed by atoms with Gasteiger partial charge in [-0.15, -0.1) is 0 Å². The van der Waals surface area contributed by atoms with Gasteiger partial charge in [0.15, 0.2) is 0 Å². The van der Waals surface area contributed by atoms with E-state index in [1.165, 1.54) is 6.92 Å². The second-order valence-corrected chi connectivity index (χ2v) is 4.93. The van der Waals surface area contributed by atoms with E-state index < -0.39 is 5.67 Å². The van der Waals surface area contributed by atoms with Crippen LogP contribution in [0.15, 0.2) is 0 Å². The predicted octanol–water partition coefficient (Wildman–Crippen LogP) is 3.00. The minimum atomic E-state index is -1.05. The van der Waals surface area contributed by atoms with E-state index in [1.807, 2.05) is 0 Å². The number of rotatable bonds is 2. The van der Waals surface area contributed by atoms with Gasteiger partial charge in [-0.25, -0.2) is 4.39 Å². The first kappa shape index (κ1) is 10.9. The van der Waals surface area contributed by atoms with Crippen molar-refractivity contribution in [3.05, 3.63) is 0 Å². The second kappa shape index (κ2) is 4.11. The van der Waals surface area contributed by atoms with E-state index in [-0.39, 0.29) is 18.0 Å². The number of halogens is 1. The lowest BCUT2D eigenvalue weighted by atomic mass is 9.85. The van der Waals surface area contributed by atoms with Crippen molar-refractivity contribution in [2.75, 3.05) is 0 Å². The molecule has 0 radical (unpaired) electrons. The van der Waals surface area contributed by atoms with Crippen LogP contribution in [-0.4, -0.2) is 17.7 Å². The molecule has 0 aromatic carbocycles. The molecule has 0 aromatic rings. The van der Waals surface area contributed by atoms with Crippen LogP contribution in [0.5, 0.6) is 0 Å². The number of carbonyl (C=O) groups is 1. The highest BCUT2D eigenvalue weighted by molar-refractivity contribution is 5.66.